The first kappa shape index (κ1) is 14.2. The average Bonchev–Trinajstić information content (AvgIpc) is 2.33. The number of aliphatic hydroxyl groups is 1. The van der Waals surface area contributed by atoms with Crippen molar-refractivity contribution in [3.8, 4) is 0 Å². The molecular formula is C14H22O3. The lowest BCUT2D eigenvalue weighted by atomic mass is 10.2. The van der Waals surface area contributed by atoms with Gasteiger partial charge in [-0.15, -0.1) is 0 Å². The van der Waals surface area contributed by atoms with Gasteiger partial charge in [-0.25, -0.2) is 0 Å². The highest BCUT2D eigenvalue weighted by Gasteiger charge is 1.96. The molecule has 1 N–H and O–H groups in total. The van der Waals surface area contributed by atoms with E-state index in [1.54, 1.807) is 6.92 Å². The molecule has 0 aliphatic carbocycles. The van der Waals surface area contributed by atoms with Crippen LogP contribution in [0.25, 0.3) is 0 Å². The van der Waals surface area contributed by atoms with E-state index in [2.05, 4.69) is 12.1 Å². The third-order valence-electron chi connectivity index (χ3n) is 2.37. The number of ether oxygens (including phenoxy) is 2. The highest BCUT2D eigenvalue weighted by molar-refractivity contribution is 5.13. The monoisotopic (exact) mass is 238 g/mol. The van der Waals surface area contributed by atoms with Crippen LogP contribution in [-0.4, -0.2) is 31.0 Å². The molecule has 0 saturated carbocycles. The minimum absolute atomic E-state index is 0.274. The molecule has 0 heterocycles. The maximum Gasteiger partial charge on any atom is 0.0716 e. The second-order valence-corrected chi connectivity index (χ2v) is 4.14. The van der Waals surface area contributed by atoms with Crippen LogP contribution in [0.5, 0.6) is 0 Å². The van der Waals surface area contributed by atoms with Crippen LogP contribution in [0.1, 0.15) is 25.3 Å². The van der Waals surface area contributed by atoms with Gasteiger partial charge in [-0.3, -0.25) is 0 Å². The molecule has 0 bridgehead atoms. The molecule has 0 aromatic heterocycles. The summed E-state index contributed by atoms with van der Waals surface area (Å²) in [5, 5.41) is 9.01. The average molecular weight is 238 g/mol. The molecular weight excluding hydrogens is 216 g/mol. The van der Waals surface area contributed by atoms with E-state index in [1.807, 2.05) is 18.2 Å². The first-order valence-corrected chi connectivity index (χ1v) is 6.16. The van der Waals surface area contributed by atoms with Crippen molar-refractivity contribution in [2.45, 2.75) is 32.5 Å². The zero-order chi connectivity index (χ0) is 12.3. The maximum absolute atomic E-state index is 9.01. The summed E-state index contributed by atoms with van der Waals surface area (Å²) in [6, 6.07) is 10.1. The summed E-state index contributed by atoms with van der Waals surface area (Å²) in [7, 11) is 0. The molecule has 0 amide bonds. The summed E-state index contributed by atoms with van der Waals surface area (Å²) in [4.78, 5) is 0. The Hall–Kier alpha value is -0.900. The Balaban J connectivity index is 1.88. The summed E-state index contributed by atoms with van der Waals surface area (Å²) < 4.78 is 10.9. The van der Waals surface area contributed by atoms with E-state index < -0.39 is 0 Å². The van der Waals surface area contributed by atoms with Gasteiger partial charge >= 0.3 is 0 Å². The first-order valence-electron chi connectivity index (χ1n) is 6.16. The van der Waals surface area contributed by atoms with E-state index in [1.165, 1.54) is 5.56 Å². The number of hydrogen-bond donors (Lipinski definition) is 1. The van der Waals surface area contributed by atoms with Crippen molar-refractivity contribution < 1.29 is 14.6 Å². The van der Waals surface area contributed by atoms with Crippen LogP contribution in [0.4, 0.5) is 0 Å². The fourth-order valence-electron chi connectivity index (χ4n) is 1.38. The summed E-state index contributed by atoms with van der Waals surface area (Å²) in [6.45, 7) is 4.46. The molecule has 1 rings (SSSR count). The zero-order valence-electron chi connectivity index (χ0n) is 10.5. The molecule has 0 aliphatic heterocycles. The fraction of sp³-hybridized carbons (Fsp3) is 0.571. The second kappa shape index (κ2) is 9.16. The van der Waals surface area contributed by atoms with Crippen molar-refractivity contribution in [1.29, 1.82) is 0 Å². The molecule has 1 aromatic rings. The van der Waals surface area contributed by atoms with Gasteiger partial charge in [0.05, 0.1) is 12.7 Å². The van der Waals surface area contributed by atoms with Gasteiger partial charge in [0.25, 0.3) is 0 Å². The molecule has 0 spiro atoms. The minimum atomic E-state index is -0.274. The van der Waals surface area contributed by atoms with Crippen LogP contribution in [0.15, 0.2) is 30.3 Å². The Labute approximate surface area is 103 Å². The number of hydrogen-bond acceptors (Lipinski definition) is 3. The topological polar surface area (TPSA) is 38.7 Å². The highest BCUT2D eigenvalue weighted by atomic mass is 16.5. The molecule has 0 fully saturated rings. The smallest absolute Gasteiger partial charge is 0.0716 e. The lowest BCUT2D eigenvalue weighted by Gasteiger charge is -2.06. The molecule has 17 heavy (non-hydrogen) atoms. The zero-order valence-corrected chi connectivity index (χ0v) is 10.5. The molecule has 0 radical (unpaired) electrons. The molecule has 3 nitrogen and oxygen atoms in total. The van der Waals surface area contributed by atoms with Gasteiger partial charge in [-0.05, 0) is 25.3 Å². The quantitative estimate of drug-likeness (QED) is 0.671. The predicted octanol–water partition coefficient (Wildman–Crippen LogP) is 2.38. The molecule has 0 aliphatic rings. The van der Waals surface area contributed by atoms with E-state index in [0.29, 0.717) is 32.8 Å². The van der Waals surface area contributed by atoms with Gasteiger partial charge in [0.15, 0.2) is 0 Å². The van der Waals surface area contributed by atoms with Crippen molar-refractivity contribution in [2.24, 2.45) is 0 Å². The van der Waals surface area contributed by atoms with Crippen LogP contribution < -0.4 is 0 Å². The van der Waals surface area contributed by atoms with Crippen LogP contribution in [0, 0.1) is 0 Å². The summed E-state index contributed by atoms with van der Waals surface area (Å²) >= 11 is 0. The molecule has 0 saturated heterocycles. The lowest BCUT2D eigenvalue weighted by Crippen LogP contribution is -2.07. The van der Waals surface area contributed by atoms with Crippen molar-refractivity contribution in [1.82, 2.24) is 0 Å². The number of aliphatic hydroxyl groups excluding tert-OH is 1. The van der Waals surface area contributed by atoms with Gasteiger partial charge in [0.1, 0.15) is 0 Å². The number of benzene rings is 1. The van der Waals surface area contributed by atoms with Crippen molar-refractivity contribution in [3.63, 3.8) is 0 Å². The maximum atomic E-state index is 9.01. The Morgan fingerprint density at radius 3 is 2.47 bits per heavy atom. The summed E-state index contributed by atoms with van der Waals surface area (Å²) in [6.07, 6.45) is 1.32. The molecule has 0 unspecified atom stereocenters. The predicted molar refractivity (Wildman–Crippen MR) is 67.8 cm³/mol. The Bertz CT molecular complexity index is 272. The highest BCUT2D eigenvalue weighted by Crippen LogP contribution is 2.00. The molecule has 96 valence electrons. The van der Waals surface area contributed by atoms with Gasteiger partial charge in [0, 0.05) is 19.8 Å². The van der Waals surface area contributed by atoms with E-state index >= 15 is 0 Å². The Morgan fingerprint density at radius 2 is 1.76 bits per heavy atom. The van der Waals surface area contributed by atoms with E-state index in [0.717, 1.165) is 6.42 Å². The molecule has 1 aromatic carbocycles. The largest absolute Gasteiger partial charge is 0.393 e. The summed E-state index contributed by atoms with van der Waals surface area (Å²) in [5.41, 5.74) is 1.20. The van der Waals surface area contributed by atoms with Gasteiger partial charge < -0.3 is 14.6 Å². The third-order valence-corrected chi connectivity index (χ3v) is 2.37. The van der Waals surface area contributed by atoms with Gasteiger partial charge in [0.2, 0.25) is 0 Å². The van der Waals surface area contributed by atoms with Gasteiger partial charge in [-0.1, -0.05) is 30.3 Å². The summed E-state index contributed by atoms with van der Waals surface area (Å²) in [5.74, 6) is 0. The Morgan fingerprint density at radius 1 is 1.06 bits per heavy atom. The lowest BCUT2D eigenvalue weighted by molar-refractivity contribution is 0.0602. The first-order chi connectivity index (χ1) is 8.29. The van der Waals surface area contributed by atoms with Crippen LogP contribution in [-0.2, 0) is 16.1 Å². The number of rotatable bonds is 9. The van der Waals surface area contributed by atoms with Crippen LogP contribution >= 0.6 is 0 Å². The van der Waals surface area contributed by atoms with Crippen molar-refractivity contribution >= 4 is 0 Å². The van der Waals surface area contributed by atoms with E-state index in [-0.39, 0.29) is 6.10 Å². The van der Waals surface area contributed by atoms with Crippen molar-refractivity contribution in [3.05, 3.63) is 35.9 Å². The van der Waals surface area contributed by atoms with Crippen molar-refractivity contribution in [2.75, 3.05) is 19.8 Å². The third kappa shape index (κ3) is 7.91. The van der Waals surface area contributed by atoms with E-state index in [9.17, 15) is 0 Å². The van der Waals surface area contributed by atoms with E-state index in [4.69, 9.17) is 14.6 Å². The normalized spacial score (nSPS) is 12.6. The Kier molecular flexibility index (Phi) is 7.63. The minimum Gasteiger partial charge on any atom is -0.393 e. The second-order valence-electron chi connectivity index (χ2n) is 4.14. The fourth-order valence-corrected chi connectivity index (χ4v) is 1.38. The SMILES string of the molecule is C[C@H](O)CCOCCCOCc1ccccc1. The molecule has 1 atom stereocenters. The van der Waals surface area contributed by atoms with Crippen LogP contribution in [0.3, 0.4) is 0 Å². The van der Waals surface area contributed by atoms with Gasteiger partial charge in [-0.2, -0.15) is 0 Å². The molecule has 3 heteroatoms. The standard InChI is InChI=1S/C14H22O3/c1-13(15)8-11-16-9-5-10-17-12-14-6-3-2-4-7-14/h2-4,6-7,13,15H,5,8-12H2,1H3/t13-/m0/s1. The van der Waals surface area contributed by atoms with Crippen LogP contribution in [0.2, 0.25) is 0 Å².